The average Bonchev–Trinajstić information content (AvgIpc) is 3.28. The largest absolute Gasteiger partial charge is 0.491 e. The normalized spacial score (nSPS) is 12.4. The summed E-state index contributed by atoms with van der Waals surface area (Å²) >= 11 is 1.42. The first kappa shape index (κ1) is 19.2. The molecule has 0 aliphatic carbocycles. The molecule has 0 aliphatic heterocycles. The van der Waals surface area contributed by atoms with E-state index >= 15 is 0 Å². The molecule has 3 N–H and O–H groups in total. The van der Waals surface area contributed by atoms with Gasteiger partial charge in [0.15, 0.2) is 11.4 Å². The number of hydrogen-bond donors (Lipinski definition) is 3. The average molecular weight is 410 g/mol. The van der Waals surface area contributed by atoms with Gasteiger partial charge in [0, 0.05) is 16.8 Å². The molecule has 0 saturated carbocycles. The molecule has 0 amide bonds. The van der Waals surface area contributed by atoms with E-state index in [0.717, 1.165) is 16.8 Å². The number of thiazole rings is 1. The number of ether oxygens (including phenoxy) is 1. The van der Waals surface area contributed by atoms with E-state index in [1.807, 2.05) is 56.5 Å². The summed E-state index contributed by atoms with van der Waals surface area (Å²) in [5, 5.41) is 16.9. The van der Waals surface area contributed by atoms with Gasteiger partial charge in [-0.3, -0.25) is 9.36 Å². The lowest BCUT2D eigenvalue weighted by Crippen LogP contribution is -2.17. The first-order chi connectivity index (χ1) is 13.9. The Hall–Kier alpha value is -3.10. The summed E-state index contributed by atoms with van der Waals surface area (Å²) in [5.74, 6) is 0.745. The van der Waals surface area contributed by atoms with E-state index in [1.165, 1.54) is 17.4 Å². The molecule has 7 nitrogen and oxygen atoms in total. The molecule has 4 aromatic rings. The van der Waals surface area contributed by atoms with Crippen LogP contribution < -0.4 is 15.6 Å². The molecule has 1 unspecified atom stereocenters. The van der Waals surface area contributed by atoms with Crippen LogP contribution in [0, 0.1) is 6.92 Å². The number of aliphatic hydroxyl groups excluding tert-OH is 1. The molecule has 4 rings (SSSR count). The molecule has 8 heteroatoms. The predicted octanol–water partition coefficient (Wildman–Crippen LogP) is 3.97. The summed E-state index contributed by atoms with van der Waals surface area (Å²) in [6, 6.07) is 12.4. The number of benzene rings is 1. The van der Waals surface area contributed by atoms with Gasteiger partial charge in [0.1, 0.15) is 11.4 Å². The fourth-order valence-corrected chi connectivity index (χ4v) is 3.81. The van der Waals surface area contributed by atoms with Gasteiger partial charge < -0.3 is 20.1 Å². The van der Waals surface area contributed by atoms with Crippen molar-refractivity contribution in [3.05, 3.63) is 69.6 Å². The number of aliphatic hydroxyl groups is 1. The molecule has 0 radical (unpaired) electrons. The Morgan fingerprint density at radius 1 is 1.21 bits per heavy atom. The predicted molar refractivity (Wildman–Crippen MR) is 115 cm³/mol. The number of nitrogens with zero attached hydrogens (tertiary/aromatic N) is 2. The van der Waals surface area contributed by atoms with Gasteiger partial charge in [-0.15, -0.1) is 11.3 Å². The monoisotopic (exact) mass is 410 g/mol. The molecule has 1 atom stereocenters. The second kappa shape index (κ2) is 7.73. The topological polar surface area (TPSA) is 92.2 Å². The van der Waals surface area contributed by atoms with E-state index in [2.05, 4.69) is 15.3 Å². The smallest absolute Gasteiger partial charge is 0.256 e. The van der Waals surface area contributed by atoms with Crippen LogP contribution in [-0.4, -0.2) is 25.7 Å². The zero-order chi connectivity index (χ0) is 20.5. The Morgan fingerprint density at radius 3 is 2.62 bits per heavy atom. The SMILES string of the molecule is Cc1csc(NC(O)c2cc3ccc(=O)n(-c4ccc(OC(C)C)cc4)c3[nH]2)n1. The van der Waals surface area contributed by atoms with Gasteiger partial charge in [-0.2, -0.15) is 0 Å². The summed E-state index contributed by atoms with van der Waals surface area (Å²) in [6.07, 6.45) is -0.896. The van der Waals surface area contributed by atoms with Crippen LogP contribution >= 0.6 is 11.3 Å². The van der Waals surface area contributed by atoms with Crippen molar-refractivity contribution in [3.8, 4) is 11.4 Å². The number of nitrogens with one attached hydrogen (secondary N) is 2. The number of rotatable bonds is 6. The number of aryl methyl sites for hydroxylation is 1. The van der Waals surface area contributed by atoms with Crippen molar-refractivity contribution in [2.75, 3.05) is 5.32 Å². The Bertz CT molecular complexity index is 1190. The van der Waals surface area contributed by atoms with Crippen molar-refractivity contribution in [1.29, 1.82) is 0 Å². The molecular formula is C21H22N4O3S. The molecular weight excluding hydrogens is 388 g/mol. The highest BCUT2D eigenvalue weighted by molar-refractivity contribution is 7.13. The standard InChI is InChI=1S/C21H22N4O3S/c1-12(2)28-16-7-5-15(6-8-16)25-18(26)9-4-14-10-17(23-19(14)25)20(27)24-21-22-13(3)11-29-21/h4-12,20,23,27H,1-3H3,(H,22,24). The van der Waals surface area contributed by atoms with Crippen LogP contribution in [0.5, 0.6) is 5.75 Å². The minimum absolute atomic E-state index is 0.0774. The van der Waals surface area contributed by atoms with Gasteiger partial charge >= 0.3 is 0 Å². The Morgan fingerprint density at radius 2 is 1.97 bits per heavy atom. The highest BCUT2D eigenvalue weighted by Crippen LogP contribution is 2.25. The molecule has 0 spiro atoms. The number of aromatic nitrogens is 3. The Balaban J connectivity index is 1.69. The quantitative estimate of drug-likeness (QED) is 0.418. The molecule has 29 heavy (non-hydrogen) atoms. The first-order valence-electron chi connectivity index (χ1n) is 9.29. The van der Waals surface area contributed by atoms with Crippen LogP contribution in [0.3, 0.4) is 0 Å². The number of hydrogen-bond acceptors (Lipinski definition) is 6. The van der Waals surface area contributed by atoms with Crippen LogP contribution in [0.25, 0.3) is 16.7 Å². The van der Waals surface area contributed by atoms with E-state index in [-0.39, 0.29) is 11.7 Å². The maximum Gasteiger partial charge on any atom is 0.256 e. The molecule has 3 heterocycles. The number of fused-ring (bicyclic) bond motifs is 1. The second-order valence-corrected chi connectivity index (χ2v) is 7.90. The molecule has 150 valence electrons. The third kappa shape index (κ3) is 4.03. The molecule has 1 aromatic carbocycles. The first-order valence-corrected chi connectivity index (χ1v) is 10.2. The van der Waals surface area contributed by atoms with Crippen molar-refractivity contribution in [1.82, 2.24) is 14.5 Å². The van der Waals surface area contributed by atoms with Crippen molar-refractivity contribution in [3.63, 3.8) is 0 Å². The van der Waals surface area contributed by atoms with Gasteiger partial charge in [-0.05, 0) is 57.2 Å². The maximum atomic E-state index is 12.6. The third-order valence-corrected chi connectivity index (χ3v) is 5.23. The fraction of sp³-hybridized carbons (Fsp3) is 0.238. The lowest BCUT2D eigenvalue weighted by molar-refractivity contribution is 0.204. The van der Waals surface area contributed by atoms with Crippen LogP contribution in [0.2, 0.25) is 0 Å². The summed E-state index contributed by atoms with van der Waals surface area (Å²) in [5.41, 5.74) is 2.60. The molecule has 0 fully saturated rings. The van der Waals surface area contributed by atoms with E-state index < -0.39 is 6.23 Å². The highest BCUT2D eigenvalue weighted by atomic mass is 32.1. The minimum Gasteiger partial charge on any atom is -0.491 e. The Kier molecular flexibility index (Phi) is 5.12. The third-order valence-electron chi connectivity index (χ3n) is 4.34. The molecule has 0 aliphatic rings. The van der Waals surface area contributed by atoms with Gasteiger partial charge in [0.25, 0.3) is 5.56 Å². The zero-order valence-corrected chi connectivity index (χ0v) is 17.2. The summed E-state index contributed by atoms with van der Waals surface area (Å²) in [6.45, 7) is 5.82. The molecule has 0 saturated heterocycles. The Labute approximate surface area is 171 Å². The number of aromatic amines is 1. The lowest BCUT2D eigenvalue weighted by atomic mass is 10.2. The van der Waals surface area contributed by atoms with E-state index in [9.17, 15) is 9.90 Å². The van der Waals surface area contributed by atoms with Crippen LogP contribution in [0.15, 0.2) is 52.6 Å². The van der Waals surface area contributed by atoms with Crippen LogP contribution in [-0.2, 0) is 0 Å². The lowest BCUT2D eigenvalue weighted by Gasteiger charge is -2.12. The zero-order valence-electron chi connectivity index (χ0n) is 16.3. The van der Waals surface area contributed by atoms with Crippen molar-refractivity contribution in [2.45, 2.75) is 33.1 Å². The highest BCUT2D eigenvalue weighted by Gasteiger charge is 2.15. The van der Waals surface area contributed by atoms with Crippen molar-refractivity contribution >= 4 is 27.5 Å². The van der Waals surface area contributed by atoms with Crippen LogP contribution in [0.4, 0.5) is 5.13 Å². The van der Waals surface area contributed by atoms with E-state index in [0.29, 0.717) is 22.2 Å². The molecule has 0 bridgehead atoms. The van der Waals surface area contributed by atoms with Crippen molar-refractivity contribution < 1.29 is 9.84 Å². The number of H-pyrrole nitrogens is 1. The fourth-order valence-electron chi connectivity index (χ4n) is 3.10. The van der Waals surface area contributed by atoms with Gasteiger partial charge in [-0.25, -0.2) is 4.98 Å². The second-order valence-electron chi connectivity index (χ2n) is 7.04. The summed E-state index contributed by atoms with van der Waals surface area (Å²) in [7, 11) is 0. The van der Waals surface area contributed by atoms with E-state index in [1.54, 1.807) is 10.6 Å². The van der Waals surface area contributed by atoms with Gasteiger partial charge in [-0.1, -0.05) is 0 Å². The van der Waals surface area contributed by atoms with Crippen LogP contribution in [0.1, 0.15) is 31.5 Å². The van der Waals surface area contributed by atoms with E-state index in [4.69, 9.17) is 4.74 Å². The van der Waals surface area contributed by atoms with Gasteiger partial charge in [0.05, 0.1) is 23.2 Å². The van der Waals surface area contributed by atoms with Crippen molar-refractivity contribution in [2.24, 2.45) is 0 Å². The number of pyridine rings is 1. The number of anilines is 1. The minimum atomic E-state index is -0.974. The summed E-state index contributed by atoms with van der Waals surface area (Å²) < 4.78 is 7.26. The van der Waals surface area contributed by atoms with Gasteiger partial charge in [0.2, 0.25) is 0 Å². The molecule has 3 aromatic heterocycles. The maximum absolute atomic E-state index is 12.6. The summed E-state index contributed by atoms with van der Waals surface area (Å²) in [4.78, 5) is 20.1.